The van der Waals surface area contributed by atoms with Crippen LogP contribution in [0, 0.1) is 6.92 Å². The van der Waals surface area contributed by atoms with E-state index in [1.54, 1.807) is 56.3 Å². The first-order chi connectivity index (χ1) is 12.4. The van der Waals surface area contributed by atoms with E-state index in [-0.39, 0.29) is 0 Å². The van der Waals surface area contributed by atoms with Crippen LogP contribution in [0.5, 0.6) is 5.75 Å². The minimum absolute atomic E-state index is 0.318. The molecule has 26 heavy (non-hydrogen) atoms. The molecule has 3 rings (SSSR count). The number of nitrogens with zero attached hydrogens (tertiary/aromatic N) is 1. The van der Waals surface area contributed by atoms with E-state index in [1.807, 2.05) is 6.07 Å². The Kier molecular flexibility index (Phi) is 4.38. The van der Waals surface area contributed by atoms with Crippen LogP contribution in [0.3, 0.4) is 0 Å². The van der Waals surface area contributed by atoms with Gasteiger partial charge in [0.25, 0.3) is 11.8 Å². The van der Waals surface area contributed by atoms with Crippen molar-refractivity contribution in [2.75, 3.05) is 7.11 Å². The zero-order valence-electron chi connectivity index (χ0n) is 14.7. The Bertz CT molecular complexity index is 882. The lowest BCUT2D eigenvalue weighted by molar-refractivity contribution is -0.132. The van der Waals surface area contributed by atoms with E-state index < -0.39 is 23.4 Å². The molecule has 1 fully saturated rings. The Morgan fingerprint density at radius 1 is 1.15 bits per heavy atom. The van der Waals surface area contributed by atoms with Gasteiger partial charge in [-0.05, 0) is 37.1 Å². The highest BCUT2D eigenvalue weighted by Gasteiger charge is 2.50. The van der Waals surface area contributed by atoms with E-state index in [2.05, 4.69) is 10.7 Å². The Balaban J connectivity index is 1.86. The van der Waals surface area contributed by atoms with Gasteiger partial charge in [-0.15, -0.1) is 0 Å². The molecule has 0 saturated carbocycles. The summed E-state index contributed by atoms with van der Waals surface area (Å²) in [6, 6.07) is 13.2. The van der Waals surface area contributed by atoms with Gasteiger partial charge in [-0.3, -0.25) is 15.0 Å². The summed E-state index contributed by atoms with van der Waals surface area (Å²) >= 11 is 0. The summed E-state index contributed by atoms with van der Waals surface area (Å²) in [4.78, 5) is 37.7. The molecule has 1 saturated heterocycles. The second kappa shape index (κ2) is 6.51. The minimum atomic E-state index is -1.24. The SMILES string of the molecule is COc1ccc(C)c(C(=O)NN2C(=O)NC(C)(c3ccccc3)C2=O)c1. The fraction of sp³-hybridized carbons (Fsp3) is 0.211. The molecule has 0 radical (unpaired) electrons. The maximum atomic E-state index is 12.8. The molecular formula is C19H19N3O4. The zero-order valence-corrected chi connectivity index (χ0v) is 14.7. The minimum Gasteiger partial charge on any atom is -0.497 e. The zero-order chi connectivity index (χ0) is 18.9. The van der Waals surface area contributed by atoms with Crippen molar-refractivity contribution >= 4 is 17.8 Å². The number of aryl methyl sites for hydroxylation is 1. The van der Waals surface area contributed by atoms with Crippen LogP contribution in [0.4, 0.5) is 4.79 Å². The van der Waals surface area contributed by atoms with Gasteiger partial charge >= 0.3 is 6.03 Å². The van der Waals surface area contributed by atoms with Gasteiger partial charge in [0, 0.05) is 5.56 Å². The third-order valence-electron chi connectivity index (χ3n) is 4.44. The van der Waals surface area contributed by atoms with Gasteiger partial charge < -0.3 is 10.1 Å². The first-order valence-electron chi connectivity index (χ1n) is 8.04. The van der Waals surface area contributed by atoms with Gasteiger partial charge in [-0.1, -0.05) is 36.4 Å². The molecular weight excluding hydrogens is 334 g/mol. The number of amides is 4. The fourth-order valence-electron chi connectivity index (χ4n) is 2.84. The highest BCUT2D eigenvalue weighted by molar-refractivity contribution is 6.09. The summed E-state index contributed by atoms with van der Waals surface area (Å²) in [5.41, 5.74) is 2.79. The average Bonchev–Trinajstić information content (AvgIpc) is 2.87. The molecule has 1 unspecified atom stereocenters. The number of carbonyl (C=O) groups excluding carboxylic acids is 3. The van der Waals surface area contributed by atoms with Crippen LogP contribution in [-0.4, -0.2) is 30.0 Å². The van der Waals surface area contributed by atoms with Crippen molar-refractivity contribution < 1.29 is 19.1 Å². The summed E-state index contributed by atoms with van der Waals surface area (Å²) in [6.45, 7) is 3.36. The van der Waals surface area contributed by atoms with E-state index in [0.29, 0.717) is 27.4 Å². The number of hydrogen-bond acceptors (Lipinski definition) is 4. The maximum Gasteiger partial charge on any atom is 0.344 e. The van der Waals surface area contributed by atoms with Crippen LogP contribution in [0.15, 0.2) is 48.5 Å². The van der Waals surface area contributed by atoms with Crippen molar-refractivity contribution in [3.05, 3.63) is 65.2 Å². The van der Waals surface area contributed by atoms with Crippen LogP contribution >= 0.6 is 0 Å². The van der Waals surface area contributed by atoms with Crippen LogP contribution in [0.1, 0.15) is 28.4 Å². The largest absolute Gasteiger partial charge is 0.497 e. The lowest BCUT2D eigenvalue weighted by atomic mass is 9.92. The fourth-order valence-corrected chi connectivity index (χ4v) is 2.84. The number of ether oxygens (including phenoxy) is 1. The number of urea groups is 1. The maximum absolute atomic E-state index is 12.8. The van der Waals surface area contributed by atoms with Gasteiger partial charge in [-0.2, -0.15) is 5.01 Å². The molecule has 2 aromatic rings. The molecule has 1 aliphatic rings. The molecule has 1 atom stereocenters. The third-order valence-corrected chi connectivity index (χ3v) is 4.44. The van der Waals surface area contributed by atoms with Crippen LogP contribution < -0.4 is 15.5 Å². The smallest absolute Gasteiger partial charge is 0.344 e. The third kappa shape index (κ3) is 2.88. The summed E-state index contributed by atoms with van der Waals surface area (Å²) < 4.78 is 5.12. The summed E-state index contributed by atoms with van der Waals surface area (Å²) in [7, 11) is 1.50. The van der Waals surface area contributed by atoms with Crippen molar-refractivity contribution in [2.24, 2.45) is 0 Å². The Morgan fingerprint density at radius 2 is 1.85 bits per heavy atom. The predicted molar refractivity (Wildman–Crippen MR) is 94.4 cm³/mol. The average molecular weight is 353 g/mol. The Morgan fingerprint density at radius 3 is 2.50 bits per heavy atom. The van der Waals surface area contributed by atoms with Crippen LogP contribution in [0.25, 0.3) is 0 Å². The normalized spacial score (nSPS) is 19.3. The topological polar surface area (TPSA) is 87.7 Å². The second-order valence-electron chi connectivity index (χ2n) is 6.18. The molecule has 0 aliphatic carbocycles. The molecule has 7 heteroatoms. The number of hydrogen-bond donors (Lipinski definition) is 2. The molecule has 2 N–H and O–H groups in total. The molecule has 1 aliphatic heterocycles. The number of benzene rings is 2. The Labute approximate surface area is 150 Å². The monoisotopic (exact) mass is 353 g/mol. The quantitative estimate of drug-likeness (QED) is 0.824. The number of carbonyl (C=O) groups is 3. The van der Waals surface area contributed by atoms with Crippen molar-refractivity contribution in [1.82, 2.24) is 15.8 Å². The molecule has 7 nitrogen and oxygen atoms in total. The number of methoxy groups -OCH3 is 1. The second-order valence-corrected chi connectivity index (χ2v) is 6.18. The van der Waals surface area contributed by atoms with E-state index >= 15 is 0 Å². The molecule has 0 bridgehead atoms. The highest BCUT2D eigenvalue weighted by atomic mass is 16.5. The van der Waals surface area contributed by atoms with Crippen molar-refractivity contribution in [3.8, 4) is 5.75 Å². The Hall–Kier alpha value is -3.35. The lowest BCUT2D eigenvalue weighted by Gasteiger charge is -2.22. The predicted octanol–water partition coefficient (Wildman–Crippen LogP) is 2.12. The van der Waals surface area contributed by atoms with Gasteiger partial charge in [0.05, 0.1) is 7.11 Å². The van der Waals surface area contributed by atoms with Crippen LogP contribution in [0.2, 0.25) is 0 Å². The standard InChI is InChI=1S/C19H19N3O4/c1-12-9-10-14(26-3)11-15(12)16(23)21-22-17(24)19(2,20-18(22)25)13-7-5-4-6-8-13/h4-11H,1-3H3,(H,20,25)(H,21,23). The van der Waals surface area contributed by atoms with E-state index in [9.17, 15) is 14.4 Å². The summed E-state index contributed by atoms with van der Waals surface area (Å²) in [5.74, 6) is -0.614. The highest BCUT2D eigenvalue weighted by Crippen LogP contribution is 2.28. The van der Waals surface area contributed by atoms with E-state index in [0.717, 1.165) is 0 Å². The number of hydrazine groups is 1. The van der Waals surface area contributed by atoms with Gasteiger partial charge in [-0.25, -0.2) is 4.79 Å². The molecule has 2 aromatic carbocycles. The van der Waals surface area contributed by atoms with Crippen molar-refractivity contribution in [1.29, 1.82) is 0 Å². The lowest BCUT2D eigenvalue weighted by Crippen LogP contribution is -2.48. The van der Waals surface area contributed by atoms with Crippen molar-refractivity contribution in [3.63, 3.8) is 0 Å². The molecule has 4 amide bonds. The number of nitrogens with one attached hydrogen (secondary N) is 2. The molecule has 134 valence electrons. The number of imide groups is 1. The first kappa shape index (κ1) is 17.5. The van der Waals surface area contributed by atoms with Gasteiger partial charge in [0.1, 0.15) is 11.3 Å². The summed E-state index contributed by atoms with van der Waals surface area (Å²) in [6.07, 6.45) is 0. The van der Waals surface area contributed by atoms with Crippen molar-refractivity contribution in [2.45, 2.75) is 19.4 Å². The first-order valence-corrected chi connectivity index (χ1v) is 8.04. The molecule has 1 heterocycles. The van der Waals surface area contributed by atoms with E-state index in [4.69, 9.17) is 4.74 Å². The van der Waals surface area contributed by atoms with Gasteiger partial charge in [0.15, 0.2) is 0 Å². The molecule has 0 aromatic heterocycles. The van der Waals surface area contributed by atoms with E-state index in [1.165, 1.54) is 7.11 Å². The number of rotatable bonds is 4. The van der Waals surface area contributed by atoms with Crippen LogP contribution in [-0.2, 0) is 10.3 Å². The molecule has 0 spiro atoms. The van der Waals surface area contributed by atoms with Gasteiger partial charge in [0.2, 0.25) is 0 Å². The summed E-state index contributed by atoms with van der Waals surface area (Å²) in [5, 5.41) is 3.35.